The van der Waals surface area contributed by atoms with Gasteiger partial charge < -0.3 is 13.0 Å². The summed E-state index contributed by atoms with van der Waals surface area (Å²) < 4.78 is 24.1. The van der Waals surface area contributed by atoms with Gasteiger partial charge in [-0.2, -0.15) is 0 Å². The molecule has 0 aliphatic rings. The van der Waals surface area contributed by atoms with Gasteiger partial charge in [0.15, 0.2) is 0 Å². The first kappa shape index (κ1) is 15.7. The molecule has 0 aromatic heterocycles. The van der Waals surface area contributed by atoms with Crippen LogP contribution in [0, 0.1) is 0 Å². The monoisotopic (exact) mass is 236 g/mol. The maximum atomic E-state index is 8.56. The standard InChI is InChI=1S/HO3S.H2S.Sn/c1-4(2)3;;/h(H,1,2,3);1H2;/q-1;;+4/p+1. The van der Waals surface area contributed by atoms with E-state index in [1.54, 1.807) is 0 Å². The van der Waals surface area contributed by atoms with E-state index in [1.807, 2.05) is 0 Å². The zero-order valence-corrected chi connectivity index (χ0v) is 7.57. The van der Waals surface area contributed by atoms with Crippen molar-refractivity contribution in [1.82, 2.24) is 0 Å². The Labute approximate surface area is 61.3 Å². The summed E-state index contributed by atoms with van der Waals surface area (Å²) in [5, 5.41) is 0. The molecule has 0 radical (unpaired) electrons. The Morgan fingerprint density at radius 2 is 1.33 bits per heavy atom. The summed E-state index contributed by atoms with van der Waals surface area (Å²) >= 11 is 0. The molecule has 0 aromatic rings. The van der Waals surface area contributed by atoms with Gasteiger partial charge in [-0.05, 0) is 0 Å². The third kappa shape index (κ3) is 74.3. The smallest absolute Gasteiger partial charge is 0.439 e. The van der Waals surface area contributed by atoms with Crippen molar-refractivity contribution in [3.05, 3.63) is 0 Å². The average molecular weight is 235 g/mol. The first-order valence-electron chi connectivity index (χ1n) is 0.516. The van der Waals surface area contributed by atoms with Crippen LogP contribution in [0.5, 0.6) is 0 Å². The Balaban J connectivity index is -0.0000000450. The molecule has 0 spiro atoms. The first-order valence-corrected chi connectivity index (χ1v) is 1.55. The number of hydrogen-bond donors (Lipinski definition) is 1. The van der Waals surface area contributed by atoms with Gasteiger partial charge in [0.25, 0.3) is 0 Å². The molecule has 6 heteroatoms. The average Bonchev–Trinajstić information content (AvgIpc) is 0.811. The Morgan fingerprint density at radius 3 is 1.33 bits per heavy atom. The number of rotatable bonds is 0. The minimum absolute atomic E-state index is 0. The van der Waals surface area contributed by atoms with Crippen LogP contribution >= 0.6 is 0 Å². The van der Waals surface area contributed by atoms with Crippen molar-refractivity contribution in [2.24, 2.45) is 0 Å². The van der Waals surface area contributed by atoms with Gasteiger partial charge in [0, 0.05) is 11.0 Å². The van der Waals surface area contributed by atoms with Crippen molar-refractivity contribution < 1.29 is 13.0 Å². The van der Waals surface area contributed by atoms with Gasteiger partial charge in [-0.3, -0.25) is 0 Å². The summed E-state index contributed by atoms with van der Waals surface area (Å²) in [6, 6.07) is 0. The molecular formula is H4O3S2Sn+4. The summed E-state index contributed by atoms with van der Waals surface area (Å²) in [4.78, 5) is 0. The van der Waals surface area contributed by atoms with E-state index in [9.17, 15) is 0 Å². The van der Waals surface area contributed by atoms with Crippen LogP contribution in [0.3, 0.4) is 0 Å². The molecule has 0 atom stereocenters. The van der Waals surface area contributed by atoms with E-state index < -0.39 is 11.0 Å². The molecule has 0 rings (SSSR count). The molecule has 0 aliphatic heterocycles. The quantitative estimate of drug-likeness (QED) is 0.184. The fourth-order valence-corrected chi connectivity index (χ4v) is 0. The molecule has 1 N–H and O–H groups in total. The summed E-state index contributed by atoms with van der Waals surface area (Å²) in [6.07, 6.45) is 0. The number of hydrogen-bond acceptors (Lipinski definition) is 3. The first-order chi connectivity index (χ1) is 1.73. The van der Waals surface area contributed by atoms with E-state index >= 15 is 0 Å². The molecule has 0 aromatic carbocycles. The third-order valence-electron chi connectivity index (χ3n) is 0. The van der Waals surface area contributed by atoms with Crippen LogP contribution in [-0.4, -0.2) is 28.5 Å². The Bertz CT molecular complexity index is 57.2. The van der Waals surface area contributed by atoms with Gasteiger partial charge in [-0.25, -0.2) is 0 Å². The predicted octanol–water partition coefficient (Wildman–Crippen LogP) is -1.42. The van der Waals surface area contributed by atoms with E-state index in [0.29, 0.717) is 0 Å². The van der Waals surface area contributed by atoms with Crippen LogP contribution in [0.25, 0.3) is 0 Å². The summed E-state index contributed by atoms with van der Waals surface area (Å²) in [7, 11) is -2.86. The fraction of sp³-hybridized carbons (Fsp3) is 0. The van der Waals surface area contributed by atoms with Gasteiger partial charge in [0.05, 0.1) is 0 Å². The summed E-state index contributed by atoms with van der Waals surface area (Å²) in [5.41, 5.74) is 0. The minimum Gasteiger partial charge on any atom is -0.439 e. The largest absolute Gasteiger partial charge is 4.00 e. The van der Waals surface area contributed by atoms with E-state index in [2.05, 4.69) is 0 Å². The molecule has 0 fully saturated rings. The molecule has 0 bridgehead atoms. The summed E-state index contributed by atoms with van der Waals surface area (Å²) in [6.45, 7) is 0. The third-order valence-corrected chi connectivity index (χ3v) is 0. The molecule has 3 nitrogen and oxygen atoms in total. The molecule has 0 aliphatic carbocycles. The molecule has 0 saturated carbocycles. The van der Waals surface area contributed by atoms with Crippen LogP contribution < -0.4 is 0 Å². The van der Waals surface area contributed by atoms with Gasteiger partial charge in [0.1, 0.15) is 0 Å². The van der Waals surface area contributed by atoms with Gasteiger partial charge >= 0.3 is 23.9 Å². The van der Waals surface area contributed by atoms with E-state index in [4.69, 9.17) is 13.0 Å². The van der Waals surface area contributed by atoms with E-state index in [0.717, 1.165) is 0 Å². The van der Waals surface area contributed by atoms with Gasteiger partial charge in [0.2, 0.25) is 0 Å². The second-order valence-electron chi connectivity index (χ2n) is 0.217. The maximum absolute atomic E-state index is 8.56. The molecule has 34 valence electrons. The zero-order valence-electron chi connectivity index (χ0n) is 2.75. The maximum Gasteiger partial charge on any atom is 4.00 e. The van der Waals surface area contributed by atoms with E-state index in [1.165, 1.54) is 0 Å². The molecule has 0 heterocycles. The Morgan fingerprint density at radius 1 is 1.33 bits per heavy atom. The Kier molecular flexibility index (Phi) is 24.7. The molecule has 6 heavy (non-hydrogen) atoms. The zero-order chi connectivity index (χ0) is 3.58. The topological polar surface area (TPSA) is 54.4 Å². The summed E-state index contributed by atoms with van der Waals surface area (Å²) in [5.74, 6) is 0. The van der Waals surface area contributed by atoms with Crippen molar-refractivity contribution in [3.8, 4) is 0 Å². The second kappa shape index (κ2) is 9.41. The second-order valence-corrected chi connectivity index (χ2v) is 0.651. The SMILES string of the molecule is O=[S-](=O)O.[SH3+].[Sn+4]. The van der Waals surface area contributed by atoms with Crippen molar-refractivity contribution in [2.75, 3.05) is 0 Å². The molecule has 0 amide bonds. The molecular weight excluding hydrogens is 231 g/mol. The van der Waals surface area contributed by atoms with Crippen LogP contribution in [-0.2, 0) is 32.9 Å². The van der Waals surface area contributed by atoms with Crippen LogP contribution in [0.15, 0.2) is 0 Å². The van der Waals surface area contributed by atoms with Crippen molar-refractivity contribution in [1.29, 1.82) is 0 Å². The normalized spacial score (nSPS) is 5.67. The van der Waals surface area contributed by atoms with Crippen LogP contribution in [0.2, 0.25) is 0 Å². The van der Waals surface area contributed by atoms with Crippen LogP contribution in [0.4, 0.5) is 0 Å². The Hall–Kier alpha value is 1.06. The molecule has 0 unspecified atom stereocenters. The van der Waals surface area contributed by atoms with Gasteiger partial charge in [-0.15, -0.1) is 0 Å². The van der Waals surface area contributed by atoms with E-state index in [-0.39, 0.29) is 37.4 Å². The fourth-order valence-electron chi connectivity index (χ4n) is 0. The van der Waals surface area contributed by atoms with Gasteiger partial charge in [-0.1, -0.05) is 13.5 Å². The van der Waals surface area contributed by atoms with Crippen molar-refractivity contribution in [3.63, 3.8) is 0 Å². The minimum atomic E-state index is -2.86. The van der Waals surface area contributed by atoms with Crippen molar-refractivity contribution in [2.45, 2.75) is 0 Å². The van der Waals surface area contributed by atoms with Crippen LogP contribution in [0.1, 0.15) is 0 Å². The molecule has 0 saturated heterocycles. The van der Waals surface area contributed by atoms with Crippen molar-refractivity contribution >= 4 is 48.4 Å². The predicted molar refractivity (Wildman–Crippen MR) is 28.7 cm³/mol.